The van der Waals surface area contributed by atoms with E-state index in [9.17, 15) is 9.59 Å². The summed E-state index contributed by atoms with van der Waals surface area (Å²) in [5.74, 6) is -0.469. The molecule has 0 radical (unpaired) electrons. The second-order valence-corrected chi connectivity index (χ2v) is 6.54. The first-order chi connectivity index (χ1) is 13.7. The first-order valence-corrected chi connectivity index (χ1v) is 8.84. The molecule has 2 heterocycles. The first kappa shape index (κ1) is 16.3. The number of aromatic nitrogens is 3. The van der Waals surface area contributed by atoms with Gasteiger partial charge in [-0.25, -0.2) is 14.6 Å². The molecule has 0 unspecified atom stereocenters. The number of hydrogen-bond donors (Lipinski definition) is 2. The molecule has 2 N–H and O–H groups in total. The van der Waals surface area contributed by atoms with E-state index in [1.165, 1.54) is 0 Å². The number of H-pyrrole nitrogens is 2. The fraction of sp³-hybridized carbons (Fsp3) is 0.0455. The standard InChI is InChI=1S/C22H15N3O3/c26-21(13-9-10-18-19(11-13)25-22(27)24-18)28-12-20-16-7-2-1-5-14(16)15-6-3-4-8-17(15)23-20/h1-11H,12H2,(H2,24,25,27). The molecule has 0 saturated carbocycles. The number of imidazole rings is 1. The Balaban J connectivity index is 1.48. The van der Waals surface area contributed by atoms with E-state index in [2.05, 4.69) is 9.97 Å². The summed E-state index contributed by atoms with van der Waals surface area (Å²) in [6, 6.07) is 20.8. The smallest absolute Gasteiger partial charge is 0.338 e. The summed E-state index contributed by atoms with van der Waals surface area (Å²) < 4.78 is 5.52. The zero-order chi connectivity index (χ0) is 19.1. The number of carbonyl (C=O) groups is 1. The van der Waals surface area contributed by atoms with Crippen molar-refractivity contribution < 1.29 is 9.53 Å². The molecule has 0 fully saturated rings. The lowest BCUT2D eigenvalue weighted by Crippen LogP contribution is -2.07. The zero-order valence-corrected chi connectivity index (χ0v) is 14.7. The molecule has 6 nitrogen and oxygen atoms in total. The molecule has 0 bridgehead atoms. The number of aromatic amines is 2. The average molecular weight is 369 g/mol. The fourth-order valence-electron chi connectivity index (χ4n) is 3.46. The van der Waals surface area contributed by atoms with Crippen molar-refractivity contribution in [1.29, 1.82) is 0 Å². The lowest BCUT2D eigenvalue weighted by molar-refractivity contribution is 0.0470. The summed E-state index contributed by atoms with van der Waals surface area (Å²) in [7, 11) is 0. The van der Waals surface area contributed by atoms with Crippen molar-refractivity contribution in [3.05, 3.63) is 88.5 Å². The predicted octanol–water partition coefficient (Wildman–Crippen LogP) is 3.91. The zero-order valence-electron chi connectivity index (χ0n) is 14.7. The Morgan fingerprint density at radius 3 is 2.43 bits per heavy atom. The third-order valence-corrected chi connectivity index (χ3v) is 4.78. The molecule has 0 amide bonds. The summed E-state index contributed by atoms with van der Waals surface area (Å²) in [6.45, 7) is 0.0614. The maximum absolute atomic E-state index is 12.5. The van der Waals surface area contributed by atoms with Crippen LogP contribution in [0, 0.1) is 0 Å². The monoisotopic (exact) mass is 369 g/mol. The summed E-state index contributed by atoms with van der Waals surface area (Å²) in [6.07, 6.45) is 0. The highest BCUT2D eigenvalue weighted by atomic mass is 16.5. The molecule has 0 aliphatic rings. The Kier molecular flexibility index (Phi) is 3.69. The van der Waals surface area contributed by atoms with Crippen molar-refractivity contribution in [2.75, 3.05) is 0 Å². The minimum atomic E-state index is -0.469. The molecule has 28 heavy (non-hydrogen) atoms. The van der Waals surface area contributed by atoms with Gasteiger partial charge in [-0.15, -0.1) is 0 Å². The lowest BCUT2D eigenvalue weighted by Gasteiger charge is -2.10. The molecule has 0 aliphatic heterocycles. The van der Waals surface area contributed by atoms with Crippen molar-refractivity contribution in [2.24, 2.45) is 0 Å². The van der Waals surface area contributed by atoms with Gasteiger partial charge < -0.3 is 14.7 Å². The van der Waals surface area contributed by atoms with Crippen LogP contribution in [0.15, 0.2) is 71.5 Å². The van der Waals surface area contributed by atoms with Gasteiger partial charge in [0.15, 0.2) is 0 Å². The Labute approximate surface area is 158 Å². The molecule has 2 aromatic heterocycles. The Bertz CT molecular complexity index is 1420. The predicted molar refractivity (Wildman–Crippen MR) is 107 cm³/mol. The molecule has 136 valence electrons. The molecule has 0 saturated heterocycles. The number of pyridine rings is 1. The van der Waals surface area contributed by atoms with Crippen molar-refractivity contribution in [3.8, 4) is 0 Å². The number of ether oxygens (including phenoxy) is 1. The van der Waals surface area contributed by atoms with Gasteiger partial charge in [-0.3, -0.25) is 0 Å². The highest BCUT2D eigenvalue weighted by molar-refractivity contribution is 6.06. The summed E-state index contributed by atoms with van der Waals surface area (Å²) in [4.78, 5) is 33.9. The number of benzene rings is 3. The van der Waals surface area contributed by atoms with Gasteiger partial charge in [-0.1, -0.05) is 42.5 Å². The van der Waals surface area contributed by atoms with Crippen LogP contribution in [0.1, 0.15) is 16.1 Å². The minimum absolute atomic E-state index is 0.0614. The van der Waals surface area contributed by atoms with Crippen LogP contribution in [0.5, 0.6) is 0 Å². The molecule has 0 atom stereocenters. The molecule has 0 aliphatic carbocycles. The van der Waals surface area contributed by atoms with E-state index in [1.54, 1.807) is 18.2 Å². The van der Waals surface area contributed by atoms with Crippen LogP contribution in [-0.4, -0.2) is 20.9 Å². The molecule has 5 aromatic rings. The SMILES string of the molecule is O=C(OCc1nc2ccccc2c2ccccc12)c1ccc2[nH]c(=O)[nH]c2c1. The largest absolute Gasteiger partial charge is 0.456 e. The molecule has 5 rings (SSSR count). The number of rotatable bonds is 3. The third-order valence-electron chi connectivity index (χ3n) is 4.78. The minimum Gasteiger partial charge on any atom is -0.456 e. The van der Waals surface area contributed by atoms with Gasteiger partial charge in [-0.2, -0.15) is 0 Å². The molecular weight excluding hydrogens is 354 g/mol. The number of carbonyl (C=O) groups excluding carboxylic acids is 1. The van der Waals surface area contributed by atoms with E-state index >= 15 is 0 Å². The molecular formula is C22H15N3O3. The molecule has 3 aromatic carbocycles. The van der Waals surface area contributed by atoms with Crippen LogP contribution in [0.3, 0.4) is 0 Å². The van der Waals surface area contributed by atoms with Crippen molar-refractivity contribution in [1.82, 2.24) is 15.0 Å². The van der Waals surface area contributed by atoms with Crippen LogP contribution in [-0.2, 0) is 11.3 Å². The average Bonchev–Trinajstić information content (AvgIpc) is 3.11. The van der Waals surface area contributed by atoms with Crippen LogP contribution in [0.2, 0.25) is 0 Å². The van der Waals surface area contributed by atoms with E-state index in [-0.39, 0.29) is 12.3 Å². The topological polar surface area (TPSA) is 87.8 Å². The van der Waals surface area contributed by atoms with Gasteiger partial charge in [0.2, 0.25) is 0 Å². The van der Waals surface area contributed by atoms with Gasteiger partial charge in [-0.05, 0) is 29.7 Å². The maximum atomic E-state index is 12.5. The van der Waals surface area contributed by atoms with E-state index in [4.69, 9.17) is 9.72 Å². The first-order valence-electron chi connectivity index (χ1n) is 8.84. The van der Waals surface area contributed by atoms with Gasteiger partial charge in [0, 0.05) is 10.8 Å². The van der Waals surface area contributed by atoms with Crippen LogP contribution in [0.4, 0.5) is 0 Å². The van der Waals surface area contributed by atoms with E-state index in [0.717, 1.165) is 21.7 Å². The summed E-state index contributed by atoms with van der Waals surface area (Å²) in [5, 5.41) is 3.10. The lowest BCUT2D eigenvalue weighted by atomic mass is 10.0. The van der Waals surface area contributed by atoms with Gasteiger partial charge in [0.05, 0.1) is 27.8 Å². The van der Waals surface area contributed by atoms with Crippen molar-refractivity contribution in [2.45, 2.75) is 6.61 Å². The summed E-state index contributed by atoms with van der Waals surface area (Å²) >= 11 is 0. The Morgan fingerprint density at radius 2 is 1.57 bits per heavy atom. The Hall–Kier alpha value is -3.93. The van der Waals surface area contributed by atoms with Gasteiger partial charge in [0.1, 0.15) is 6.61 Å². The van der Waals surface area contributed by atoms with Crippen LogP contribution in [0.25, 0.3) is 32.7 Å². The Morgan fingerprint density at radius 1 is 0.857 bits per heavy atom. The molecule has 6 heteroatoms. The van der Waals surface area contributed by atoms with Crippen molar-refractivity contribution >= 4 is 38.7 Å². The van der Waals surface area contributed by atoms with Crippen molar-refractivity contribution in [3.63, 3.8) is 0 Å². The maximum Gasteiger partial charge on any atom is 0.338 e. The second kappa shape index (κ2) is 6.35. The van der Waals surface area contributed by atoms with Gasteiger partial charge in [0.25, 0.3) is 0 Å². The van der Waals surface area contributed by atoms with Crippen LogP contribution < -0.4 is 5.69 Å². The van der Waals surface area contributed by atoms with E-state index < -0.39 is 5.97 Å². The third kappa shape index (κ3) is 2.72. The number of para-hydroxylation sites is 1. The second-order valence-electron chi connectivity index (χ2n) is 6.54. The normalized spacial score (nSPS) is 11.3. The van der Waals surface area contributed by atoms with Gasteiger partial charge >= 0.3 is 11.7 Å². The quantitative estimate of drug-likeness (QED) is 0.373. The van der Waals surface area contributed by atoms with E-state index in [1.807, 2.05) is 48.5 Å². The summed E-state index contributed by atoms with van der Waals surface area (Å²) in [5.41, 5.74) is 2.83. The fourth-order valence-corrected chi connectivity index (χ4v) is 3.46. The van der Waals surface area contributed by atoms with Crippen LogP contribution >= 0.6 is 0 Å². The number of nitrogens with one attached hydrogen (secondary N) is 2. The number of esters is 1. The number of nitrogens with zero attached hydrogens (tertiary/aromatic N) is 1. The number of fused-ring (bicyclic) bond motifs is 4. The van der Waals surface area contributed by atoms with E-state index in [0.29, 0.717) is 22.3 Å². The highest BCUT2D eigenvalue weighted by Gasteiger charge is 2.13. The highest BCUT2D eigenvalue weighted by Crippen LogP contribution is 2.26. The number of hydrogen-bond acceptors (Lipinski definition) is 4. The molecule has 0 spiro atoms.